The number of nitrogens with zero attached hydrogens (tertiary/aromatic N) is 2. The van der Waals surface area contributed by atoms with Crippen molar-refractivity contribution in [1.29, 1.82) is 0 Å². The molecule has 0 saturated heterocycles. The molecule has 0 aliphatic carbocycles. The molecule has 2 aromatic heterocycles. The van der Waals surface area contributed by atoms with E-state index in [0.717, 1.165) is 26.9 Å². The maximum absolute atomic E-state index is 11.2. The fourth-order valence-corrected chi connectivity index (χ4v) is 2.28. The largest absolute Gasteiger partial charge is 0.378 e. The highest BCUT2D eigenvalue weighted by atomic mass is 79.9. The average Bonchev–Trinajstić information content (AvgIpc) is 2.76. The maximum Gasteiger partial charge on any atom is 0.323 e. The van der Waals surface area contributed by atoms with Crippen LogP contribution in [-0.2, 0) is 6.54 Å². The lowest BCUT2D eigenvalue weighted by atomic mass is 10.2. The van der Waals surface area contributed by atoms with Gasteiger partial charge in [0.1, 0.15) is 0 Å². The summed E-state index contributed by atoms with van der Waals surface area (Å²) in [5.74, 6) is 0. The van der Waals surface area contributed by atoms with Crippen molar-refractivity contribution in [3.63, 3.8) is 0 Å². The number of hydrogen-bond acceptors (Lipinski definition) is 4. The van der Waals surface area contributed by atoms with E-state index >= 15 is 0 Å². The fraction of sp³-hybridized carbons (Fsp3) is 0.0833. The minimum absolute atomic E-state index is 0.215. The summed E-state index contributed by atoms with van der Waals surface area (Å²) in [5.41, 5.74) is 3.04. The number of benzene rings is 1. The summed E-state index contributed by atoms with van der Waals surface area (Å²) in [4.78, 5) is 24.9. The Morgan fingerprint density at radius 2 is 2.00 bits per heavy atom. The molecule has 2 heterocycles. The SMILES string of the molecule is O=c1[nH]c2cc(Br)c(NCc3cnccn3)cc2[nH]1. The second-order valence-corrected chi connectivity index (χ2v) is 4.86. The molecular weight excluding hydrogens is 310 g/mol. The molecule has 0 aliphatic rings. The van der Waals surface area contributed by atoms with E-state index in [1.165, 1.54) is 0 Å². The molecule has 0 amide bonds. The lowest BCUT2D eigenvalue weighted by Gasteiger charge is -2.08. The topological polar surface area (TPSA) is 86.5 Å². The van der Waals surface area contributed by atoms with E-state index < -0.39 is 0 Å². The van der Waals surface area contributed by atoms with Crippen LogP contribution in [0.15, 0.2) is 40.0 Å². The van der Waals surface area contributed by atoms with E-state index in [2.05, 4.69) is 41.2 Å². The number of imidazole rings is 1. The molecule has 3 rings (SSSR count). The van der Waals surface area contributed by atoms with Crippen molar-refractivity contribution in [2.75, 3.05) is 5.32 Å². The van der Waals surface area contributed by atoms with Gasteiger partial charge in [-0.15, -0.1) is 0 Å². The molecular formula is C12H10BrN5O. The molecule has 1 aromatic carbocycles. The highest BCUT2D eigenvalue weighted by Gasteiger charge is 2.05. The van der Waals surface area contributed by atoms with Gasteiger partial charge in [-0.3, -0.25) is 9.97 Å². The molecule has 0 atom stereocenters. The quantitative estimate of drug-likeness (QED) is 0.689. The predicted molar refractivity (Wildman–Crippen MR) is 76.0 cm³/mol. The number of anilines is 1. The van der Waals surface area contributed by atoms with Gasteiger partial charge >= 0.3 is 5.69 Å². The Morgan fingerprint density at radius 1 is 1.21 bits per heavy atom. The minimum atomic E-state index is -0.215. The predicted octanol–water partition coefficient (Wildman–Crippen LogP) is 2.02. The first-order valence-corrected chi connectivity index (χ1v) is 6.42. The Labute approximate surface area is 116 Å². The van der Waals surface area contributed by atoms with Crippen LogP contribution < -0.4 is 11.0 Å². The normalized spacial score (nSPS) is 10.8. The number of aromatic nitrogens is 4. The molecule has 0 bridgehead atoms. The second-order valence-electron chi connectivity index (χ2n) is 4.01. The van der Waals surface area contributed by atoms with Gasteiger partial charge in [0.05, 0.1) is 35.2 Å². The first kappa shape index (κ1) is 11.9. The van der Waals surface area contributed by atoms with E-state index in [-0.39, 0.29) is 5.69 Å². The zero-order chi connectivity index (χ0) is 13.2. The molecule has 3 N–H and O–H groups in total. The van der Waals surface area contributed by atoms with Crippen LogP contribution >= 0.6 is 15.9 Å². The molecule has 0 aliphatic heterocycles. The summed E-state index contributed by atoms with van der Waals surface area (Å²) in [7, 11) is 0. The van der Waals surface area contributed by atoms with Crippen LogP contribution in [0.1, 0.15) is 5.69 Å². The van der Waals surface area contributed by atoms with Crippen molar-refractivity contribution in [2.24, 2.45) is 0 Å². The monoisotopic (exact) mass is 319 g/mol. The average molecular weight is 320 g/mol. The van der Waals surface area contributed by atoms with Crippen molar-refractivity contribution in [1.82, 2.24) is 19.9 Å². The number of H-pyrrole nitrogens is 2. The molecule has 3 aromatic rings. The fourth-order valence-electron chi connectivity index (χ4n) is 1.80. The first-order chi connectivity index (χ1) is 9.22. The molecule has 6 nitrogen and oxygen atoms in total. The van der Waals surface area contributed by atoms with Crippen LogP contribution in [0.3, 0.4) is 0 Å². The van der Waals surface area contributed by atoms with Gasteiger partial charge in [-0.1, -0.05) is 0 Å². The van der Waals surface area contributed by atoms with Crippen molar-refractivity contribution >= 4 is 32.7 Å². The van der Waals surface area contributed by atoms with Gasteiger partial charge in [-0.2, -0.15) is 0 Å². The van der Waals surface area contributed by atoms with Crippen LogP contribution in [0.4, 0.5) is 5.69 Å². The van der Waals surface area contributed by atoms with E-state index in [9.17, 15) is 4.79 Å². The molecule has 96 valence electrons. The van der Waals surface area contributed by atoms with Gasteiger partial charge in [0.2, 0.25) is 0 Å². The summed E-state index contributed by atoms with van der Waals surface area (Å²) in [6.07, 6.45) is 4.99. The lowest BCUT2D eigenvalue weighted by Crippen LogP contribution is -2.02. The third-order valence-electron chi connectivity index (χ3n) is 2.68. The molecule has 0 spiro atoms. The third kappa shape index (κ3) is 2.50. The number of halogens is 1. The van der Waals surface area contributed by atoms with Crippen LogP contribution in [0.25, 0.3) is 11.0 Å². The summed E-state index contributed by atoms with van der Waals surface area (Å²) < 4.78 is 0.874. The van der Waals surface area contributed by atoms with Crippen molar-refractivity contribution in [3.8, 4) is 0 Å². The molecule has 0 radical (unpaired) electrons. The number of aromatic amines is 2. The zero-order valence-electron chi connectivity index (χ0n) is 9.77. The van der Waals surface area contributed by atoms with Crippen molar-refractivity contribution in [3.05, 3.63) is 51.4 Å². The van der Waals surface area contributed by atoms with Gasteiger partial charge in [-0.25, -0.2) is 4.79 Å². The zero-order valence-corrected chi connectivity index (χ0v) is 11.4. The van der Waals surface area contributed by atoms with Crippen LogP contribution in [0.2, 0.25) is 0 Å². The summed E-state index contributed by atoms with van der Waals surface area (Å²) in [6.45, 7) is 0.562. The highest BCUT2D eigenvalue weighted by molar-refractivity contribution is 9.10. The van der Waals surface area contributed by atoms with Gasteiger partial charge in [0.25, 0.3) is 0 Å². The first-order valence-electron chi connectivity index (χ1n) is 5.63. The second kappa shape index (κ2) is 4.85. The number of hydrogen-bond donors (Lipinski definition) is 3. The van der Waals surface area contributed by atoms with E-state index in [4.69, 9.17) is 0 Å². The Balaban J connectivity index is 1.88. The number of nitrogens with one attached hydrogen (secondary N) is 3. The van der Waals surface area contributed by atoms with Crippen LogP contribution in [0.5, 0.6) is 0 Å². The number of rotatable bonds is 3. The van der Waals surface area contributed by atoms with Crippen molar-refractivity contribution in [2.45, 2.75) is 6.54 Å². The summed E-state index contributed by atoms with van der Waals surface area (Å²) in [5, 5.41) is 3.25. The Hall–Kier alpha value is -2.15. The Morgan fingerprint density at radius 3 is 2.74 bits per heavy atom. The third-order valence-corrected chi connectivity index (χ3v) is 3.34. The van der Waals surface area contributed by atoms with Crippen LogP contribution in [0, 0.1) is 0 Å². The van der Waals surface area contributed by atoms with E-state index in [1.54, 1.807) is 18.6 Å². The van der Waals surface area contributed by atoms with Crippen molar-refractivity contribution < 1.29 is 0 Å². The highest BCUT2D eigenvalue weighted by Crippen LogP contribution is 2.26. The molecule has 0 unspecified atom stereocenters. The molecule has 7 heteroatoms. The van der Waals surface area contributed by atoms with Crippen LogP contribution in [-0.4, -0.2) is 19.9 Å². The van der Waals surface area contributed by atoms with E-state index in [0.29, 0.717) is 6.54 Å². The lowest BCUT2D eigenvalue weighted by molar-refractivity contribution is 1.01. The standard InChI is InChI=1S/C12H10BrN5O/c13-8-3-10-11(18-12(19)17-10)4-9(8)16-6-7-5-14-1-2-15-7/h1-5,16H,6H2,(H2,17,18,19). The van der Waals surface area contributed by atoms with Gasteiger partial charge in [-0.05, 0) is 28.1 Å². The van der Waals surface area contributed by atoms with Gasteiger partial charge < -0.3 is 15.3 Å². The molecule has 0 fully saturated rings. The Kier molecular flexibility index (Phi) is 3.04. The summed E-state index contributed by atoms with van der Waals surface area (Å²) in [6, 6.07) is 3.72. The summed E-state index contributed by atoms with van der Waals surface area (Å²) >= 11 is 3.47. The van der Waals surface area contributed by atoms with Gasteiger partial charge in [0, 0.05) is 16.9 Å². The minimum Gasteiger partial charge on any atom is -0.378 e. The smallest absolute Gasteiger partial charge is 0.323 e. The number of fused-ring (bicyclic) bond motifs is 1. The maximum atomic E-state index is 11.2. The van der Waals surface area contributed by atoms with E-state index in [1.807, 2.05) is 12.1 Å². The van der Waals surface area contributed by atoms with Gasteiger partial charge in [0.15, 0.2) is 0 Å². The molecule has 19 heavy (non-hydrogen) atoms. The molecule has 0 saturated carbocycles. The Bertz CT molecular complexity index is 765.